The number of hydrogen-bond donors (Lipinski definition) is 3. The molecule has 3 aromatic carbocycles. The molecule has 1 saturated carbocycles. The minimum atomic E-state index is -1.06. The van der Waals surface area contributed by atoms with Crippen LogP contribution < -0.4 is 10.1 Å². The number of ketones is 1. The first kappa shape index (κ1) is 29.3. The standard InChI is InChI=1S/C33H37ClN2O5/c1-33(2,40)25-12-9-22(10-13-25)21-5-7-23(8-6-21)31(38)32(39)35-28(20-36-17-3-4-18-36)30(37)24-11-16-29(27(34)19-24)41-26-14-15-26/h5-13,16,19,26,28,30,37,40H,3-4,14-15,17-18,20H2,1-2H3,(H,35,39). The van der Waals surface area contributed by atoms with Crippen LogP contribution in [0.4, 0.5) is 0 Å². The Hall–Kier alpha value is -3.23. The van der Waals surface area contributed by atoms with Gasteiger partial charge in [0, 0.05) is 12.1 Å². The van der Waals surface area contributed by atoms with E-state index in [1.165, 1.54) is 0 Å². The normalized spacial score (nSPS) is 17.2. The number of benzene rings is 3. The van der Waals surface area contributed by atoms with Gasteiger partial charge in [0.1, 0.15) is 11.9 Å². The molecule has 0 bridgehead atoms. The molecule has 2 fully saturated rings. The fourth-order valence-corrected chi connectivity index (χ4v) is 5.35. The first-order valence-corrected chi connectivity index (χ1v) is 14.6. The predicted octanol–water partition coefficient (Wildman–Crippen LogP) is 5.27. The molecule has 8 heteroatoms. The van der Waals surface area contributed by atoms with E-state index in [4.69, 9.17) is 16.3 Å². The smallest absolute Gasteiger partial charge is 0.292 e. The van der Waals surface area contributed by atoms with Crippen LogP contribution in [0, 0.1) is 0 Å². The second-order valence-corrected chi connectivity index (χ2v) is 12.0. The van der Waals surface area contributed by atoms with Crippen LogP contribution in [-0.2, 0) is 10.4 Å². The molecule has 0 aromatic heterocycles. The zero-order valence-electron chi connectivity index (χ0n) is 23.5. The highest BCUT2D eigenvalue weighted by Gasteiger charge is 2.30. The van der Waals surface area contributed by atoms with E-state index < -0.39 is 29.4 Å². The van der Waals surface area contributed by atoms with Crippen molar-refractivity contribution >= 4 is 23.3 Å². The van der Waals surface area contributed by atoms with E-state index in [2.05, 4.69) is 10.2 Å². The lowest BCUT2D eigenvalue weighted by atomic mass is 9.95. The van der Waals surface area contributed by atoms with Crippen molar-refractivity contribution < 1.29 is 24.5 Å². The molecule has 0 spiro atoms. The van der Waals surface area contributed by atoms with E-state index in [-0.39, 0.29) is 11.7 Å². The lowest BCUT2D eigenvalue weighted by Crippen LogP contribution is -2.48. The van der Waals surface area contributed by atoms with Gasteiger partial charge in [-0.05, 0) is 87.0 Å². The molecule has 1 saturated heterocycles. The van der Waals surface area contributed by atoms with Gasteiger partial charge in [-0.3, -0.25) is 9.59 Å². The Labute approximate surface area is 246 Å². The monoisotopic (exact) mass is 576 g/mol. The van der Waals surface area contributed by atoms with Gasteiger partial charge in [-0.1, -0.05) is 66.2 Å². The Morgan fingerprint density at radius 2 is 1.61 bits per heavy atom. The average molecular weight is 577 g/mol. The molecule has 1 amide bonds. The molecule has 216 valence electrons. The number of Topliss-reactive ketones (excluding diaryl/α,β-unsaturated/α-hetero) is 1. The number of halogens is 1. The summed E-state index contributed by atoms with van der Waals surface area (Å²) in [5, 5.41) is 24.7. The van der Waals surface area contributed by atoms with Gasteiger partial charge >= 0.3 is 0 Å². The minimum Gasteiger partial charge on any atom is -0.489 e. The first-order chi connectivity index (χ1) is 19.6. The van der Waals surface area contributed by atoms with Crippen LogP contribution in [0.2, 0.25) is 5.02 Å². The van der Waals surface area contributed by atoms with Crippen molar-refractivity contribution in [3.8, 4) is 16.9 Å². The lowest BCUT2D eigenvalue weighted by molar-refractivity contribution is -0.118. The van der Waals surface area contributed by atoms with Crippen molar-refractivity contribution in [3.63, 3.8) is 0 Å². The molecule has 7 nitrogen and oxygen atoms in total. The fraction of sp³-hybridized carbons (Fsp3) is 0.394. The van der Waals surface area contributed by atoms with Crippen molar-refractivity contribution in [2.45, 2.75) is 63.4 Å². The van der Waals surface area contributed by atoms with Gasteiger partial charge in [-0.2, -0.15) is 0 Å². The fourth-order valence-electron chi connectivity index (χ4n) is 5.11. The van der Waals surface area contributed by atoms with E-state index in [0.717, 1.165) is 55.5 Å². The average Bonchev–Trinajstić information content (AvgIpc) is 3.64. The number of carbonyl (C=O) groups is 2. The summed E-state index contributed by atoms with van der Waals surface area (Å²) in [5.74, 6) is -0.855. The second-order valence-electron chi connectivity index (χ2n) is 11.6. The second kappa shape index (κ2) is 12.3. The van der Waals surface area contributed by atoms with Gasteiger partial charge in [-0.15, -0.1) is 0 Å². The van der Waals surface area contributed by atoms with Crippen molar-refractivity contribution in [2.75, 3.05) is 19.6 Å². The molecule has 2 atom stereocenters. The Balaban J connectivity index is 1.28. The lowest BCUT2D eigenvalue weighted by Gasteiger charge is -2.28. The van der Waals surface area contributed by atoms with E-state index >= 15 is 0 Å². The predicted molar refractivity (Wildman–Crippen MR) is 159 cm³/mol. The molecule has 1 aliphatic carbocycles. The summed E-state index contributed by atoms with van der Waals surface area (Å²) in [7, 11) is 0. The van der Waals surface area contributed by atoms with Crippen LogP contribution in [0.3, 0.4) is 0 Å². The third-order valence-corrected chi connectivity index (χ3v) is 8.04. The van der Waals surface area contributed by atoms with Crippen LogP contribution in [0.25, 0.3) is 11.1 Å². The zero-order chi connectivity index (χ0) is 29.1. The number of likely N-dealkylation sites (tertiary alicyclic amines) is 1. The number of aliphatic hydroxyl groups is 2. The molecular weight excluding hydrogens is 540 g/mol. The highest BCUT2D eigenvalue weighted by molar-refractivity contribution is 6.42. The van der Waals surface area contributed by atoms with Gasteiger partial charge in [0.05, 0.1) is 22.8 Å². The summed E-state index contributed by atoms with van der Waals surface area (Å²) in [6, 6.07) is 18.9. The van der Waals surface area contributed by atoms with Gasteiger partial charge in [0.2, 0.25) is 5.78 Å². The number of carbonyl (C=O) groups excluding carboxylic acids is 2. The maximum Gasteiger partial charge on any atom is 0.292 e. The zero-order valence-corrected chi connectivity index (χ0v) is 24.2. The quantitative estimate of drug-likeness (QED) is 0.212. The Kier molecular flexibility index (Phi) is 8.80. The summed E-state index contributed by atoms with van der Waals surface area (Å²) in [4.78, 5) is 28.4. The topological polar surface area (TPSA) is 99.1 Å². The van der Waals surface area contributed by atoms with Crippen LogP contribution >= 0.6 is 11.6 Å². The van der Waals surface area contributed by atoms with Gasteiger partial charge < -0.3 is 25.2 Å². The summed E-state index contributed by atoms with van der Waals surface area (Å²) in [5.41, 5.74) is 2.51. The van der Waals surface area contributed by atoms with Gasteiger partial charge in [0.15, 0.2) is 0 Å². The maximum absolute atomic E-state index is 13.1. The molecule has 41 heavy (non-hydrogen) atoms. The molecular formula is C33H37ClN2O5. The summed E-state index contributed by atoms with van der Waals surface area (Å²) < 4.78 is 5.81. The SMILES string of the molecule is CC(C)(O)c1ccc(-c2ccc(C(=O)C(=O)NC(CN3CCCC3)C(O)c3ccc(OC4CC4)c(Cl)c3)cc2)cc1. The minimum absolute atomic E-state index is 0.199. The Bertz CT molecular complexity index is 1370. The summed E-state index contributed by atoms with van der Waals surface area (Å²) in [6.45, 7) is 5.63. The summed E-state index contributed by atoms with van der Waals surface area (Å²) >= 11 is 6.44. The van der Waals surface area contributed by atoms with Crippen molar-refractivity contribution in [1.82, 2.24) is 10.2 Å². The Morgan fingerprint density at radius 1 is 1.00 bits per heavy atom. The molecule has 1 aliphatic heterocycles. The van der Waals surface area contributed by atoms with Crippen LogP contribution in [0.1, 0.15) is 67.1 Å². The molecule has 2 aliphatic rings. The highest BCUT2D eigenvalue weighted by Crippen LogP contribution is 2.34. The van der Waals surface area contributed by atoms with E-state index in [1.807, 2.05) is 24.3 Å². The number of amides is 1. The van der Waals surface area contributed by atoms with Gasteiger partial charge in [0.25, 0.3) is 5.91 Å². The first-order valence-electron chi connectivity index (χ1n) is 14.2. The van der Waals surface area contributed by atoms with Gasteiger partial charge in [-0.25, -0.2) is 0 Å². The third-order valence-electron chi connectivity index (χ3n) is 7.74. The molecule has 1 heterocycles. The molecule has 3 N–H and O–H groups in total. The molecule has 0 radical (unpaired) electrons. The van der Waals surface area contributed by atoms with Crippen molar-refractivity contribution in [2.24, 2.45) is 0 Å². The van der Waals surface area contributed by atoms with E-state index in [9.17, 15) is 19.8 Å². The number of aliphatic hydroxyl groups excluding tert-OH is 1. The number of ether oxygens (including phenoxy) is 1. The third kappa shape index (κ3) is 7.35. The Morgan fingerprint density at radius 3 is 2.17 bits per heavy atom. The molecule has 3 aromatic rings. The largest absolute Gasteiger partial charge is 0.489 e. The number of nitrogens with zero attached hydrogens (tertiary/aromatic N) is 1. The maximum atomic E-state index is 13.1. The van der Waals surface area contributed by atoms with E-state index in [0.29, 0.717) is 22.9 Å². The number of nitrogens with one attached hydrogen (secondary N) is 1. The summed E-state index contributed by atoms with van der Waals surface area (Å²) in [6.07, 6.45) is 3.28. The van der Waals surface area contributed by atoms with Crippen LogP contribution in [0.5, 0.6) is 5.75 Å². The van der Waals surface area contributed by atoms with Crippen LogP contribution in [-0.4, -0.2) is 58.6 Å². The molecule has 2 unspecified atom stereocenters. The van der Waals surface area contributed by atoms with Crippen LogP contribution in [0.15, 0.2) is 66.7 Å². The number of rotatable bonds is 11. The van der Waals surface area contributed by atoms with Crippen molar-refractivity contribution in [3.05, 3.63) is 88.4 Å². The highest BCUT2D eigenvalue weighted by atomic mass is 35.5. The molecule has 5 rings (SSSR count). The van der Waals surface area contributed by atoms with E-state index in [1.54, 1.807) is 56.3 Å². The van der Waals surface area contributed by atoms with Crippen molar-refractivity contribution in [1.29, 1.82) is 0 Å². The number of hydrogen-bond acceptors (Lipinski definition) is 6.